The Labute approximate surface area is 55.3 Å². The van der Waals surface area contributed by atoms with E-state index in [1.165, 1.54) is 19.3 Å². The maximum atomic E-state index is 3.72. The Bertz CT molecular complexity index is 232. The maximum Gasteiger partial charge on any atom is 0.00938 e. The highest BCUT2D eigenvalue weighted by atomic mass is 14.8. The summed E-state index contributed by atoms with van der Waals surface area (Å²) < 4.78 is 0. The van der Waals surface area contributed by atoms with Gasteiger partial charge in [0.15, 0.2) is 0 Å². The third-order valence-electron chi connectivity index (χ3n) is 3.54. The average molecular weight is 118 g/mol. The highest BCUT2D eigenvalue weighted by Crippen LogP contribution is 2.84. The molecule has 3 aliphatic rings. The minimum atomic E-state index is 0.738. The van der Waals surface area contributed by atoms with E-state index in [0.717, 1.165) is 17.3 Å². The molecule has 0 heteroatoms. The van der Waals surface area contributed by atoms with Gasteiger partial charge in [0.1, 0.15) is 0 Å². The minimum Gasteiger partial charge on any atom is -0.129 e. The molecule has 0 amide bonds. The molecule has 0 saturated heterocycles. The zero-order valence-electron chi connectivity index (χ0n) is 5.48. The first-order chi connectivity index (χ1) is 4.39. The highest BCUT2D eigenvalue weighted by molar-refractivity contribution is 5.48. The van der Waals surface area contributed by atoms with E-state index < -0.39 is 0 Å². The lowest BCUT2D eigenvalue weighted by atomic mass is 10.2. The van der Waals surface area contributed by atoms with Crippen molar-refractivity contribution in [3.05, 3.63) is 17.9 Å². The van der Waals surface area contributed by atoms with Crippen LogP contribution in [0, 0.1) is 17.3 Å². The summed E-state index contributed by atoms with van der Waals surface area (Å²) in [6.45, 7) is 3.72. The maximum absolute atomic E-state index is 3.72. The number of hydrogen-bond donors (Lipinski definition) is 0. The summed E-state index contributed by atoms with van der Waals surface area (Å²) in [6, 6.07) is 0. The SMILES string of the molecule is C=C=C1C2CCC3CC132. The molecule has 0 aliphatic heterocycles. The van der Waals surface area contributed by atoms with Crippen molar-refractivity contribution in [1.82, 2.24) is 0 Å². The molecule has 0 aromatic heterocycles. The van der Waals surface area contributed by atoms with Gasteiger partial charge in [-0.3, -0.25) is 0 Å². The molecule has 0 nitrogen and oxygen atoms in total. The predicted octanol–water partition coefficient (Wildman–Crippen LogP) is 2.13. The van der Waals surface area contributed by atoms with Crippen molar-refractivity contribution in [2.75, 3.05) is 0 Å². The molecule has 3 fully saturated rings. The zero-order valence-corrected chi connectivity index (χ0v) is 5.48. The molecule has 0 N–H and O–H groups in total. The quantitative estimate of drug-likeness (QED) is 0.427. The highest BCUT2D eigenvalue weighted by Gasteiger charge is 2.77. The van der Waals surface area contributed by atoms with Gasteiger partial charge >= 0.3 is 0 Å². The molecule has 9 heavy (non-hydrogen) atoms. The van der Waals surface area contributed by atoms with Crippen LogP contribution in [0.4, 0.5) is 0 Å². The van der Waals surface area contributed by atoms with E-state index >= 15 is 0 Å². The fraction of sp³-hybridized carbons (Fsp3) is 0.667. The van der Waals surface area contributed by atoms with Crippen LogP contribution in [-0.2, 0) is 0 Å². The summed E-state index contributed by atoms with van der Waals surface area (Å²) in [5, 5.41) is 0. The largest absolute Gasteiger partial charge is 0.129 e. The monoisotopic (exact) mass is 118 g/mol. The Morgan fingerprint density at radius 2 is 2.44 bits per heavy atom. The topological polar surface area (TPSA) is 0 Å². The average Bonchev–Trinajstić information content (AvgIpc) is 2.71. The molecule has 46 valence electrons. The van der Waals surface area contributed by atoms with E-state index in [4.69, 9.17) is 0 Å². The van der Waals surface area contributed by atoms with Gasteiger partial charge in [-0.2, -0.15) is 0 Å². The Morgan fingerprint density at radius 1 is 1.56 bits per heavy atom. The van der Waals surface area contributed by atoms with Crippen LogP contribution >= 0.6 is 0 Å². The first-order valence-electron chi connectivity index (χ1n) is 3.80. The molecule has 0 radical (unpaired) electrons. The Hall–Kier alpha value is -0.480. The van der Waals surface area contributed by atoms with Crippen LogP contribution in [0.25, 0.3) is 0 Å². The molecule has 0 bridgehead atoms. The summed E-state index contributed by atoms with van der Waals surface area (Å²) in [5.74, 6) is 2.03. The van der Waals surface area contributed by atoms with Gasteiger partial charge in [-0.25, -0.2) is 0 Å². The van der Waals surface area contributed by atoms with E-state index in [1.54, 1.807) is 5.57 Å². The van der Waals surface area contributed by atoms with Gasteiger partial charge in [-0.05, 0) is 36.7 Å². The van der Waals surface area contributed by atoms with Gasteiger partial charge in [0.2, 0.25) is 0 Å². The van der Waals surface area contributed by atoms with E-state index in [2.05, 4.69) is 12.3 Å². The van der Waals surface area contributed by atoms with Crippen molar-refractivity contribution >= 4 is 0 Å². The molecule has 0 heterocycles. The Balaban J connectivity index is 2.15. The Morgan fingerprint density at radius 3 is 2.78 bits per heavy atom. The lowest BCUT2D eigenvalue weighted by Gasteiger charge is -1.86. The van der Waals surface area contributed by atoms with E-state index in [0.29, 0.717) is 0 Å². The van der Waals surface area contributed by atoms with E-state index in [1.807, 2.05) is 0 Å². The van der Waals surface area contributed by atoms with E-state index in [9.17, 15) is 0 Å². The summed E-state index contributed by atoms with van der Waals surface area (Å²) in [7, 11) is 0. The minimum absolute atomic E-state index is 0.738. The van der Waals surface area contributed by atoms with Crippen molar-refractivity contribution in [3.63, 3.8) is 0 Å². The van der Waals surface area contributed by atoms with Crippen molar-refractivity contribution in [3.8, 4) is 0 Å². The lowest BCUT2D eigenvalue weighted by molar-refractivity contribution is 0.700. The molecule has 3 rings (SSSR count). The molecule has 3 atom stereocenters. The molecule has 3 saturated carbocycles. The third kappa shape index (κ3) is 0.263. The van der Waals surface area contributed by atoms with Crippen LogP contribution in [0.1, 0.15) is 19.3 Å². The van der Waals surface area contributed by atoms with Crippen LogP contribution in [0.5, 0.6) is 0 Å². The lowest BCUT2D eigenvalue weighted by Crippen LogP contribution is -1.73. The summed E-state index contributed by atoms with van der Waals surface area (Å²) in [5.41, 5.74) is 5.41. The second kappa shape index (κ2) is 0.932. The second-order valence-corrected chi connectivity index (χ2v) is 3.66. The van der Waals surface area contributed by atoms with E-state index in [-0.39, 0.29) is 0 Å². The fourth-order valence-corrected chi connectivity index (χ4v) is 2.99. The molecule has 0 aromatic carbocycles. The van der Waals surface area contributed by atoms with Crippen LogP contribution < -0.4 is 0 Å². The van der Waals surface area contributed by atoms with Gasteiger partial charge in [-0.1, -0.05) is 6.58 Å². The van der Waals surface area contributed by atoms with Crippen molar-refractivity contribution in [2.24, 2.45) is 17.3 Å². The Kier molecular flexibility index (Phi) is 0.451. The molecular weight excluding hydrogens is 108 g/mol. The van der Waals surface area contributed by atoms with Gasteiger partial charge in [-0.15, -0.1) is 5.73 Å². The summed E-state index contributed by atoms with van der Waals surface area (Å²) in [6.07, 6.45) is 4.42. The first kappa shape index (κ1) is 4.35. The summed E-state index contributed by atoms with van der Waals surface area (Å²) in [4.78, 5) is 0. The second-order valence-electron chi connectivity index (χ2n) is 3.66. The van der Waals surface area contributed by atoms with Crippen LogP contribution in [-0.4, -0.2) is 0 Å². The van der Waals surface area contributed by atoms with Gasteiger partial charge in [0.25, 0.3) is 0 Å². The van der Waals surface area contributed by atoms with Gasteiger partial charge in [0.05, 0.1) is 0 Å². The molecule has 0 aromatic rings. The zero-order chi connectivity index (χ0) is 6.06. The van der Waals surface area contributed by atoms with Crippen LogP contribution in [0.15, 0.2) is 17.9 Å². The van der Waals surface area contributed by atoms with Crippen molar-refractivity contribution < 1.29 is 0 Å². The molecule has 3 unspecified atom stereocenters. The first-order valence-corrected chi connectivity index (χ1v) is 3.80. The van der Waals surface area contributed by atoms with Gasteiger partial charge < -0.3 is 0 Å². The number of hydrogen-bond acceptors (Lipinski definition) is 0. The number of allylic oxidation sites excluding steroid dienone is 1. The van der Waals surface area contributed by atoms with Crippen molar-refractivity contribution in [2.45, 2.75) is 19.3 Å². The smallest absolute Gasteiger partial charge is 0.00938 e. The predicted molar refractivity (Wildman–Crippen MR) is 35.9 cm³/mol. The van der Waals surface area contributed by atoms with Crippen LogP contribution in [0.2, 0.25) is 0 Å². The van der Waals surface area contributed by atoms with Crippen molar-refractivity contribution in [1.29, 1.82) is 0 Å². The van der Waals surface area contributed by atoms with Gasteiger partial charge in [0, 0.05) is 5.41 Å². The molecule has 3 aliphatic carbocycles. The summed E-state index contributed by atoms with van der Waals surface area (Å²) >= 11 is 0. The number of rotatable bonds is 0. The normalized spacial score (nSPS) is 58.0. The molecule has 1 spiro atoms. The fourth-order valence-electron chi connectivity index (χ4n) is 2.99. The third-order valence-corrected chi connectivity index (χ3v) is 3.54. The van der Waals surface area contributed by atoms with Crippen LogP contribution in [0.3, 0.4) is 0 Å². The molecular formula is C9H10. The standard InChI is InChI=1S/C9H10/c1-2-7-8-4-3-6-5-9(6,7)8/h6,8H,1,3-5H2.